The Kier molecular flexibility index (Phi) is 6.98. The fraction of sp³-hybridized carbons (Fsp3) is 0.316. The van der Waals surface area contributed by atoms with Gasteiger partial charge in [0.25, 0.3) is 0 Å². The third-order valence-corrected chi connectivity index (χ3v) is 3.10. The molecule has 2 aromatic carbocycles. The maximum Gasteiger partial charge on any atom is 0.310 e. The number of hydrogen-bond donors (Lipinski definition) is 0. The Balaban J connectivity index is 1.64. The second-order valence-electron chi connectivity index (χ2n) is 5.05. The quantitative estimate of drug-likeness (QED) is 0.523. The predicted octanol–water partition coefficient (Wildman–Crippen LogP) is 3.64. The monoisotopic (exact) mass is 314 g/mol. The average Bonchev–Trinajstić information content (AvgIpc) is 2.59. The van der Waals surface area contributed by atoms with Crippen molar-refractivity contribution in [1.82, 2.24) is 0 Å². The molecule has 2 aromatic rings. The molecular weight excluding hydrogens is 292 g/mol. The number of hydrogen-bond acceptors (Lipinski definition) is 4. The first-order chi connectivity index (χ1) is 11.3. The minimum atomic E-state index is -0.247. The molecule has 4 nitrogen and oxygen atoms in total. The molecule has 0 heterocycles. The molecule has 2 rings (SSSR count). The molecule has 0 radical (unpaired) electrons. The van der Waals surface area contributed by atoms with Crippen LogP contribution in [-0.4, -0.2) is 25.8 Å². The first kappa shape index (κ1) is 16.9. The molecule has 0 spiro atoms. The molecule has 122 valence electrons. The van der Waals surface area contributed by atoms with Gasteiger partial charge in [0.05, 0.1) is 13.0 Å². The number of carbonyl (C=O) groups excluding carboxylic acids is 1. The average molecular weight is 314 g/mol. The normalized spacial score (nSPS) is 10.1. The second-order valence-corrected chi connectivity index (χ2v) is 5.05. The highest BCUT2D eigenvalue weighted by atomic mass is 16.6. The molecular formula is C19H22O4. The Bertz CT molecular complexity index is 578. The Labute approximate surface area is 137 Å². The topological polar surface area (TPSA) is 44.8 Å². The van der Waals surface area contributed by atoms with E-state index in [1.54, 1.807) is 0 Å². The molecule has 4 heteroatoms. The van der Waals surface area contributed by atoms with Crippen LogP contribution in [0.2, 0.25) is 0 Å². The Hall–Kier alpha value is -2.49. The molecule has 0 aromatic heterocycles. The van der Waals surface area contributed by atoms with Gasteiger partial charge in [-0.2, -0.15) is 0 Å². The van der Waals surface area contributed by atoms with Gasteiger partial charge in [-0.3, -0.25) is 4.79 Å². The zero-order valence-electron chi connectivity index (χ0n) is 13.4. The summed E-state index contributed by atoms with van der Waals surface area (Å²) in [6, 6.07) is 17.0. The summed E-state index contributed by atoms with van der Waals surface area (Å²) in [5.74, 6) is 1.31. The predicted molar refractivity (Wildman–Crippen MR) is 88.8 cm³/mol. The van der Waals surface area contributed by atoms with Gasteiger partial charge in [0.2, 0.25) is 0 Å². The van der Waals surface area contributed by atoms with Crippen molar-refractivity contribution in [3.8, 4) is 11.5 Å². The van der Waals surface area contributed by atoms with E-state index in [1.165, 1.54) is 0 Å². The lowest BCUT2D eigenvalue weighted by Crippen LogP contribution is -2.13. The van der Waals surface area contributed by atoms with Crippen LogP contribution in [0.5, 0.6) is 11.5 Å². The van der Waals surface area contributed by atoms with Crippen molar-refractivity contribution >= 4 is 5.97 Å². The fourth-order valence-electron chi connectivity index (χ4n) is 1.98. The Morgan fingerprint density at radius 2 is 1.43 bits per heavy atom. The largest absolute Gasteiger partial charge is 0.494 e. The first-order valence-corrected chi connectivity index (χ1v) is 7.83. The van der Waals surface area contributed by atoms with Crippen molar-refractivity contribution in [3.63, 3.8) is 0 Å². The number of benzene rings is 2. The van der Waals surface area contributed by atoms with Crippen LogP contribution in [0.3, 0.4) is 0 Å². The molecule has 0 N–H and O–H groups in total. The van der Waals surface area contributed by atoms with Crippen molar-refractivity contribution in [2.24, 2.45) is 0 Å². The SMILES string of the molecule is CCCOc1ccc(OCCOC(=O)Cc2ccccc2)cc1. The lowest BCUT2D eigenvalue weighted by atomic mass is 10.2. The summed E-state index contributed by atoms with van der Waals surface area (Å²) >= 11 is 0. The first-order valence-electron chi connectivity index (χ1n) is 7.83. The number of ether oxygens (including phenoxy) is 3. The van der Waals surface area contributed by atoms with Gasteiger partial charge in [-0.15, -0.1) is 0 Å². The highest BCUT2D eigenvalue weighted by Crippen LogP contribution is 2.17. The van der Waals surface area contributed by atoms with Crippen molar-refractivity contribution in [2.75, 3.05) is 19.8 Å². The third kappa shape index (κ3) is 6.43. The van der Waals surface area contributed by atoms with Gasteiger partial charge in [0.1, 0.15) is 24.7 Å². The molecule has 0 atom stereocenters. The molecule has 0 saturated heterocycles. The Morgan fingerprint density at radius 1 is 0.826 bits per heavy atom. The third-order valence-electron chi connectivity index (χ3n) is 3.10. The summed E-state index contributed by atoms with van der Waals surface area (Å²) < 4.78 is 16.2. The van der Waals surface area contributed by atoms with Crippen LogP contribution in [0.15, 0.2) is 54.6 Å². The standard InChI is InChI=1S/C19H22O4/c1-2-12-21-17-8-10-18(11-9-17)22-13-14-23-19(20)15-16-6-4-3-5-7-16/h3-11H,2,12-15H2,1H3. The van der Waals surface area contributed by atoms with Crippen LogP contribution < -0.4 is 9.47 Å². The molecule has 23 heavy (non-hydrogen) atoms. The van der Waals surface area contributed by atoms with E-state index in [9.17, 15) is 4.79 Å². The van der Waals surface area contributed by atoms with Crippen LogP contribution in [0, 0.1) is 0 Å². The van der Waals surface area contributed by atoms with Crippen LogP contribution >= 0.6 is 0 Å². The minimum Gasteiger partial charge on any atom is -0.494 e. The summed E-state index contributed by atoms with van der Waals surface area (Å²) in [5, 5.41) is 0. The van der Waals surface area contributed by atoms with Crippen LogP contribution in [0.25, 0.3) is 0 Å². The molecule has 0 aliphatic carbocycles. The molecule has 0 saturated carbocycles. The van der Waals surface area contributed by atoms with Crippen LogP contribution in [-0.2, 0) is 16.0 Å². The van der Waals surface area contributed by atoms with Crippen LogP contribution in [0.4, 0.5) is 0 Å². The van der Waals surface area contributed by atoms with Gasteiger partial charge >= 0.3 is 5.97 Å². The molecule has 0 aliphatic heterocycles. The second kappa shape index (κ2) is 9.51. The van der Waals surface area contributed by atoms with E-state index < -0.39 is 0 Å². The molecule has 0 bridgehead atoms. The van der Waals surface area contributed by atoms with Crippen molar-refractivity contribution in [1.29, 1.82) is 0 Å². The Morgan fingerprint density at radius 3 is 2.04 bits per heavy atom. The molecule has 0 unspecified atom stereocenters. The van der Waals surface area contributed by atoms with E-state index in [-0.39, 0.29) is 19.0 Å². The van der Waals surface area contributed by atoms with E-state index in [4.69, 9.17) is 14.2 Å². The summed E-state index contributed by atoms with van der Waals surface area (Å²) in [6.07, 6.45) is 1.26. The van der Waals surface area contributed by atoms with E-state index in [0.717, 1.165) is 23.5 Å². The van der Waals surface area contributed by atoms with Crippen molar-refractivity contribution < 1.29 is 19.0 Å². The summed E-state index contributed by atoms with van der Waals surface area (Å²) in [5.41, 5.74) is 0.945. The van der Waals surface area contributed by atoms with Crippen LogP contribution in [0.1, 0.15) is 18.9 Å². The number of rotatable bonds is 9. The van der Waals surface area contributed by atoms with Crippen molar-refractivity contribution in [3.05, 3.63) is 60.2 Å². The number of carbonyl (C=O) groups is 1. The zero-order chi connectivity index (χ0) is 16.3. The van der Waals surface area contributed by atoms with Gasteiger partial charge in [-0.25, -0.2) is 0 Å². The molecule has 0 aliphatic rings. The van der Waals surface area contributed by atoms with E-state index in [0.29, 0.717) is 13.2 Å². The molecule has 0 fully saturated rings. The fourth-order valence-corrected chi connectivity index (χ4v) is 1.98. The maximum absolute atomic E-state index is 11.7. The highest BCUT2D eigenvalue weighted by Gasteiger charge is 2.04. The maximum atomic E-state index is 11.7. The summed E-state index contributed by atoms with van der Waals surface area (Å²) in [4.78, 5) is 11.7. The van der Waals surface area contributed by atoms with Gasteiger partial charge in [0.15, 0.2) is 0 Å². The summed E-state index contributed by atoms with van der Waals surface area (Å²) in [7, 11) is 0. The highest BCUT2D eigenvalue weighted by molar-refractivity contribution is 5.72. The van der Waals surface area contributed by atoms with Gasteiger partial charge in [-0.05, 0) is 36.2 Å². The van der Waals surface area contributed by atoms with Gasteiger partial charge in [0, 0.05) is 0 Å². The molecule has 0 amide bonds. The number of esters is 1. The van der Waals surface area contributed by atoms with E-state index in [1.807, 2.05) is 54.6 Å². The van der Waals surface area contributed by atoms with E-state index >= 15 is 0 Å². The zero-order valence-corrected chi connectivity index (χ0v) is 13.4. The lowest BCUT2D eigenvalue weighted by molar-refractivity contribution is -0.143. The lowest BCUT2D eigenvalue weighted by Gasteiger charge is -2.09. The van der Waals surface area contributed by atoms with E-state index in [2.05, 4.69) is 6.92 Å². The smallest absolute Gasteiger partial charge is 0.310 e. The van der Waals surface area contributed by atoms with Gasteiger partial charge in [-0.1, -0.05) is 37.3 Å². The minimum absolute atomic E-state index is 0.236. The van der Waals surface area contributed by atoms with Gasteiger partial charge < -0.3 is 14.2 Å². The summed E-state index contributed by atoms with van der Waals surface area (Å²) in [6.45, 7) is 3.34. The van der Waals surface area contributed by atoms with Crippen molar-refractivity contribution in [2.45, 2.75) is 19.8 Å².